The summed E-state index contributed by atoms with van der Waals surface area (Å²) in [6.07, 6.45) is -4.42. The van der Waals surface area contributed by atoms with Gasteiger partial charge in [0, 0.05) is 11.6 Å². The largest absolute Gasteiger partial charge is 0.468 e. The van der Waals surface area contributed by atoms with E-state index in [2.05, 4.69) is 5.32 Å². The normalized spacial score (nSPS) is 12.7. The number of carbonyl (C=O) groups is 1. The van der Waals surface area contributed by atoms with E-state index in [1.54, 1.807) is 30.3 Å². The minimum absolute atomic E-state index is 0.0505. The molecule has 0 aliphatic carbocycles. The molecule has 1 unspecified atom stereocenters. The van der Waals surface area contributed by atoms with E-state index in [0.29, 0.717) is 16.1 Å². The summed E-state index contributed by atoms with van der Waals surface area (Å²) in [6, 6.07) is 10.7. The fourth-order valence-electron chi connectivity index (χ4n) is 2.22. The van der Waals surface area contributed by atoms with Gasteiger partial charge in [-0.3, -0.25) is 5.32 Å². The number of nitrogens with one attached hydrogen (secondary N) is 1. The first-order chi connectivity index (χ1) is 11.3. The summed E-state index contributed by atoms with van der Waals surface area (Å²) >= 11 is 6.09. The van der Waals surface area contributed by atoms with Crippen molar-refractivity contribution >= 4 is 17.6 Å². The van der Waals surface area contributed by atoms with Gasteiger partial charge in [0.25, 0.3) is 0 Å². The quantitative estimate of drug-likeness (QED) is 0.808. The molecule has 0 radical (unpaired) electrons. The van der Waals surface area contributed by atoms with Crippen LogP contribution in [-0.4, -0.2) is 13.1 Å². The van der Waals surface area contributed by atoms with Crippen molar-refractivity contribution in [3.05, 3.63) is 70.2 Å². The number of ether oxygens (including phenoxy) is 1. The Labute approximate surface area is 142 Å². The lowest BCUT2D eigenvalue weighted by molar-refractivity contribution is -0.143. The molecule has 3 nitrogen and oxygen atoms in total. The Morgan fingerprint density at radius 2 is 1.92 bits per heavy atom. The summed E-state index contributed by atoms with van der Waals surface area (Å²) in [5, 5.41) is 3.26. The van der Waals surface area contributed by atoms with E-state index in [1.807, 2.05) is 0 Å². The number of esters is 1. The van der Waals surface area contributed by atoms with Crippen LogP contribution >= 0.6 is 11.6 Å². The van der Waals surface area contributed by atoms with Crippen LogP contribution in [0.4, 0.5) is 13.2 Å². The third-order valence-corrected chi connectivity index (χ3v) is 3.76. The Hall–Kier alpha value is -2.05. The van der Waals surface area contributed by atoms with Crippen molar-refractivity contribution < 1.29 is 22.7 Å². The van der Waals surface area contributed by atoms with Gasteiger partial charge in [-0.2, -0.15) is 13.2 Å². The van der Waals surface area contributed by atoms with Crippen LogP contribution in [0, 0.1) is 0 Å². The van der Waals surface area contributed by atoms with Crippen molar-refractivity contribution in [3.63, 3.8) is 0 Å². The van der Waals surface area contributed by atoms with Crippen LogP contribution in [0.1, 0.15) is 22.7 Å². The molecule has 2 aromatic rings. The van der Waals surface area contributed by atoms with Gasteiger partial charge in [-0.15, -0.1) is 0 Å². The Morgan fingerprint density at radius 3 is 2.54 bits per heavy atom. The molecule has 7 heteroatoms. The molecule has 0 aromatic heterocycles. The molecule has 0 spiro atoms. The highest BCUT2D eigenvalue weighted by Gasteiger charge is 2.30. The van der Waals surface area contributed by atoms with Gasteiger partial charge in [0.1, 0.15) is 6.04 Å². The highest BCUT2D eigenvalue weighted by molar-refractivity contribution is 6.31. The van der Waals surface area contributed by atoms with Crippen LogP contribution in [0.15, 0.2) is 48.5 Å². The molecule has 2 aromatic carbocycles. The molecule has 2 rings (SSSR count). The maximum Gasteiger partial charge on any atom is 0.416 e. The Morgan fingerprint density at radius 1 is 1.21 bits per heavy atom. The van der Waals surface area contributed by atoms with Gasteiger partial charge in [-0.05, 0) is 23.3 Å². The number of methoxy groups -OCH3 is 1. The van der Waals surface area contributed by atoms with E-state index in [-0.39, 0.29) is 6.54 Å². The summed E-state index contributed by atoms with van der Waals surface area (Å²) in [5.41, 5.74) is 0.151. The van der Waals surface area contributed by atoms with Crippen molar-refractivity contribution in [1.29, 1.82) is 0 Å². The minimum Gasteiger partial charge on any atom is -0.468 e. The third-order valence-electron chi connectivity index (χ3n) is 3.42. The fraction of sp³-hybridized carbons (Fsp3) is 0.235. The van der Waals surface area contributed by atoms with Crippen LogP contribution in [-0.2, 0) is 22.3 Å². The zero-order valence-corrected chi connectivity index (χ0v) is 13.5. The standard InChI is InChI=1S/C17H15ClF3NO2/c1-24-16(23)15(13-7-2-3-8-14(13)18)22-10-11-5-4-6-12(9-11)17(19,20)21/h2-9,15,22H,10H2,1H3. The third kappa shape index (κ3) is 4.49. The molecule has 0 aliphatic rings. The van der Waals surface area contributed by atoms with E-state index in [1.165, 1.54) is 13.2 Å². The van der Waals surface area contributed by atoms with Crippen LogP contribution in [0.5, 0.6) is 0 Å². The second-order valence-corrected chi connectivity index (χ2v) is 5.46. The SMILES string of the molecule is COC(=O)C(NCc1cccc(C(F)(F)F)c1)c1ccccc1Cl. The zero-order chi connectivity index (χ0) is 17.7. The summed E-state index contributed by atoms with van der Waals surface area (Å²) in [4.78, 5) is 12.0. The van der Waals surface area contributed by atoms with Crippen LogP contribution in [0.25, 0.3) is 0 Å². The monoisotopic (exact) mass is 357 g/mol. The number of benzene rings is 2. The molecular weight excluding hydrogens is 343 g/mol. The maximum absolute atomic E-state index is 12.8. The van der Waals surface area contributed by atoms with Gasteiger partial charge in [0.15, 0.2) is 0 Å². The topological polar surface area (TPSA) is 38.3 Å². The van der Waals surface area contributed by atoms with Gasteiger partial charge < -0.3 is 4.74 Å². The first-order valence-electron chi connectivity index (χ1n) is 7.04. The Bertz CT molecular complexity index is 719. The lowest BCUT2D eigenvalue weighted by Gasteiger charge is -2.18. The molecule has 0 amide bonds. The zero-order valence-electron chi connectivity index (χ0n) is 12.7. The summed E-state index contributed by atoms with van der Waals surface area (Å²) < 4.78 is 43.0. The van der Waals surface area contributed by atoms with Gasteiger partial charge in [-0.1, -0.05) is 48.0 Å². The van der Waals surface area contributed by atoms with E-state index in [4.69, 9.17) is 16.3 Å². The molecule has 0 heterocycles. The molecule has 24 heavy (non-hydrogen) atoms. The number of halogens is 4. The highest BCUT2D eigenvalue weighted by Crippen LogP contribution is 2.30. The second kappa shape index (κ2) is 7.68. The Kier molecular flexibility index (Phi) is 5.85. The number of rotatable bonds is 5. The fourth-order valence-corrected chi connectivity index (χ4v) is 2.47. The molecule has 1 N–H and O–H groups in total. The van der Waals surface area contributed by atoms with Crippen LogP contribution < -0.4 is 5.32 Å². The molecule has 1 atom stereocenters. The van der Waals surface area contributed by atoms with Crippen molar-refractivity contribution in [2.75, 3.05) is 7.11 Å². The molecule has 0 saturated carbocycles. The van der Waals surface area contributed by atoms with Crippen LogP contribution in [0.2, 0.25) is 5.02 Å². The van der Waals surface area contributed by atoms with Crippen molar-refractivity contribution in [2.45, 2.75) is 18.8 Å². The maximum atomic E-state index is 12.8. The minimum atomic E-state index is -4.42. The van der Waals surface area contributed by atoms with Gasteiger partial charge in [-0.25, -0.2) is 4.79 Å². The summed E-state index contributed by atoms with van der Waals surface area (Å²) in [5.74, 6) is -0.574. The number of carbonyl (C=O) groups excluding carboxylic acids is 1. The Balaban J connectivity index is 2.20. The van der Waals surface area contributed by atoms with E-state index in [0.717, 1.165) is 12.1 Å². The van der Waals surface area contributed by atoms with E-state index < -0.39 is 23.8 Å². The highest BCUT2D eigenvalue weighted by atomic mass is 35.5. The lowest BCUT2D eigenvalue weighted by Crippen LogP contribution is -2.29. The van der Waals surface area contributed by atoms with Gasteiger partial charge in [0.2, 0.25) is 0 Å². The lowest BCUT2D eigenvalue weighted by atomic mass is 10.1. The number of hydrogen-bond acceptors (Lipinski definition) is 3. The first-order valence-corrected chi connectivity index (χ1v) is 7.42. The predicted octanol–water partition coefficient (Wildman–Crippen LogP) is 4.36. The summed E-state index contributed by atoms with van der Waals surface area (Å²) in [7, 11) is 1.23. The summed E-state index contributed by atoms with van der Waals surface area (Å²) in [6.45, 7) is 0.0505. The number of hydrogen-bond donors (Lipinski definition) is 1. The molecule has 128 valence electrons. The smallest absolute Gasteiger partial charge is 0.416 e. The van der Waals surface area contributed by atoms with E-state index in [9.17, 15) is 18.0 Å². The van der Waals surface area contributed by atoms with E-state index >= 15 is 0 Å². The molecule has 0 bridgehead atoms. The molecule has 0 fully saturated rings. The molecular formula is C17H15ClF3NO2. The van der Waals surface area contributed by atoms with Crippen LogP contribution in [0.3, 0.4) is 0 Å². The van der Waals surface area contributed by atoms with Gasteiger partial charge in [0.05, 0.1) is 12.7 Å². The van der Waals surface area contributed by atoms with Gasteiger partial charge >= 0.3 is 12.1 Å². The molecule has 0 aliphatic heterocycles. The van der Waals surface area contributed by atoms with Crippen molar-refractivity contribution in [3.8, 4) is 0 Å². The van der Waals surface area contributed by atoms with Crippen molar-refractivity contribution in [1.82, 2.24) is 5.32 Å². The van der Waals surface area contributed by atoms with Crippen molar-refractivity contribution in [2.24, 2.45) is 0 Å². The number of alkyl halides is 3. The average molecular weight is 358 g/mol. The second-order valence-electron chi connectivity index (χ2n) is 5.06. The average Bonchev–Trinajstić information content (AvgIpc) is 2.55. The predicted molar refractivity (Wildman–Crippen MR) is 84.5 cm³/mol. The first kappa shape index (κ1) is 18.3. The molecule has 0 saturated heterocycles.